The van der Waals surface area contributed by atoms with Gasteiger partial charge in [0, 0.05) is 13.1 Å². The smallest absolute Gasteiger partial charge is 0.242 e. The van der Waals surface area contributed by atoms with Crippen LogP contribution in [-0.2, 0) is 10.0 Å². The van der Waals surface area contributed by atoms with Gasteiger partial charge in [-0.1, -0.05) is 28.9 Å². The number of fused-ring (bicyclic) bond motifs is 1. The number of sulfonamides is 1. The molecular weight excluding hydrogens is 379 g/mol. The molecule has 0 aliphatic carbocycles. The molecule has 0 bridgehead atoms. The first kappa shape index (κ1) is 17.4. The minimum Gasteiger partial charge on any atom is -0.242 e. The summed E-state index contributed by atoms with van der Waals surface area (Å²) in [6.07, 6.45) is 1.23. The summed E-state index contributed by atoms with van der Waals surface area (Å²) < 4.78 is 42.4. The Hall–Kier alpha value is -2.03. The van der Waals surface area contributed by atoms with E-state index in [1.54, 1.807) is 0 Å². The van der Waals surface area contributed by atoms with Gasteiger partial charge in [0.2, 0.25) is 10.0 Å². The molecule has 0 N–H and O–H groups in total. The highest BCUT2D eigenvalue weighted by Crippen LogP contribution is 2.29. The topological polar surface area (TPSA) is 68.1 Å². The standard InChI is InChI=1S/C17H16ClFN4O2S/c18-14-6-5-13(11-15(14)19)26(24,25)22-9-7-12(8-10-22)23-17-4-2-1-3-16(17)20-21-23/h1-6,11-12H,7-10H2. The molecule has 1 saturated heterocycles. The summed E-state index contributed by atoms with van der Waals surface area (Å²) in [6, 6.07) is 11.3. The normalized spacial score (nSPS) is 17.0. The summed E-state index contributed by atoms with van der Waals surface area (Å²) in [6.45, 7) is 0.677. The Kier molecular flexibility index (Phi) is 4.42. The van der Waals surface area contributed by atoms with Crippen LogP contribution in [0.4, 0.5) is 4.39 Å². The van der Waals surface area contributed by atoms with Crippen molar-refractivity contribution in [1.82, 2.24) is 19.3 Å². The fourth-order valence-corrected chi connectivity index (χ4v) is 4.87. The molecule has 2 aromatic carbocycles. The molecule has 9 heteroatoms. The first-order valence-corrected chi connectivity index (χ1v) is 10.0. The quantitative estimate of drug-likeness (QED) is 0.683. The van der Waals surface area contributed by atoms with Gasteiger partial charge < -0.3 is 0 Å². The molecular formula is C17H16ClFN4O2S. The van der Waals surface area contributed by atoms with Crippen LogP contribution >= 0.6 is 11.6 Å². The van der Waals surface area contributed by atoms with Gasteiger partial charge in [-0.25, -0.2) is 17.5 Å². The van der Waals surface area contributed by atoms with Gasteiger partial charge in [0.1, 0.15) is 11.3 Å². The van der Waals surface area contributed by atoms with E-state index in [-0.39, 0.29) is 16.0 Å². The minimum atomic E-state index is -3.75. The molecule has 136 valence electrons. The average Bonchev–Trinajstić information content (AvgIpc) is 3.08. The van der Waals surface area contributed by atoms with Crippen LogP contribution in [0, 0.1) is 5.82 Å². The maximum absolute atomic E-state index is 13.6. The van der Waals surface area contributed by atoms with E-state index in [9.17, 15) is 12.8 Å². The molecule has 4 rings (SSSR count). The van der Waals surface area contributed by atoms with Crippen LogP contribution in [-0.4, -0.2) is 40.8 Å². The Morgan fingerprint density at radius 2 is 1.85 bits per heavy atom. The molecule has 1 aliphatic rings. The lowest BCUT2D eigenvalue weighted by atomic mass is 10.1. The first-order valence-electron chi connectivity index (χ1n) is 8.22. The highest BCUT2D eigenvalue weighted by atomic mass is 35.5. The third-order valence-corrected chi connectivity index (χ3v) is 6.88. The van der Waals surface area contributed by atoms with E-state index in [1.807, 2.05) is 28.9 Å². The predicted octanol–water partition coefficient (Wildman–Crippen LogP) is 3.25. The molecule has 1 fully saturated rings. The van der Waals surface area contributed by atoms with Crippen LogP contribution < -0.4 is 0 Å². The average molecular weight is 395 g/mol. The Morgan fingerprint density at radius 3 is 2.58 bits per heavy atom. The second-order valence-electron chi connectivity index (χ2n) is 6.23. The number of para-hydroxylation sites is 1. The molecule has 0 amide bonds. The molecule has 1 aliphatic heterocycles. The molecule has 1 aromatic heterocycles. The van der Waals surface area contributed by atoms with Gasteiger partial charge in [-0.2, -0.15) is 4.31 Å². The number of hydrogen-bond acceptors (Lipinski definition) is 4. The summed E-state index contributed by atoms with van der Waals surface area (Å²) >= 11 is 5.64. The lowest BCUT2D eigenvalue weighted by Gasteiger charge is -2.31. The third kappa shape index (κ3) is 2.98. The zero-order valence-corrected chi connectivity index (χ0v) is 15.3. The molecule has 0 saturated carbocycles. The number of benzene rings is 2. The Balaban J connectivity index is 1.53. The largest absolute Gasteiger partial charge is 0.243 e. The fraction of sp³-hybridized carbons (Fsp3) is 0.294. The minimum absolute atomic E-state index is 0.0794. The van der Waals surface area contributed by atoms with Crippen LogP contribution in [0.25, 0.3) is 11.0 Å². The van der Waals surface area contributed by atoms with Crippen LogP contribution in [0.3, 0.4) is 0 Å². The van der Waals surface area contributed by atoms with E-state index >= 15 is 0 Å². The third-order valence-electron chi connectivity index (χ3n) is 4.68. The Labute approximate surface area is 155 Å². The highest BCUT2D eigenvalue weighted by Gasteiger charge is 2.31. The first-order chi connectivity index (χ1) is 12.5. The van der Waals surface area contributed by atoms with Gasteiger partial charge >= 0.3 is 0 Å². The summed E-state index contributed by atoms with van der Waals surface area (Å²) in [7, 11) is -3.75. The second kappa shape index (κ2) is 6.61. The van der Waals surface area contributed by atoms with Crippen molar-refractivity contribution in [2.24, 2.45) is 0 Å². The van der Waals surface area contributed by atoms with E-state index in [2.05, 4.69) is 10.3 Å². The zero-order chi connectivity index (χ0) is 18.3. The van der Waals surface area contributed by atoms with Gasteiger partial charge in [-0.3, -0.25) is 0 Å². The lowest BCUT2D eigenvalue weighted by molar-refractivity contribution is 0.262. The van der Waals surface area contributed by atoms with E-state index in [4.69, 9.17) is 11.6 Å². The van der Waals surface area contributed by atoms with Crippen LogP contribution in [0.2, 0.25) is 5.02 Å². The molecule has 0 atom stereocenters. The maximum atomic E-state index is 13.6. The highest BCUT2D eigenvalue weighted by molar-refractivity contribution is 7.89. The number of hydrogen-bond donors (Lipinski definition) is 0. The summed E-state index contributed by atoms with van der Waals surface area (Å²) in [4.78, 5) is -0.0796. The van der Waals surface area contributed by atoms with E-state index in [1.165, 1.54) is 16.4 Å². The van der Waals surface area contributed by atoms with Gasteiger partial charge in [0.25, 0.3) is 0 Å². The predicted molar refractivity (Wildman–Crippen MR) is 96.0 cm³/mol. The van der Waals surface area contributed by atoms with Crippen molar-refractivity contribution in [3.63, 3.8) is 0 Å². The van der Waals surface area contributed by atoms with Crippen molar-refractivity contribution in [2.75, 3.05) is 13.1 Å². The van der Waals surface area contributed by atoms with E-state index in [0.29, 0.717) is 25.9 Å². The maximum Gasteiger partial charge on any atom is 0.243 e. The van der Waals surface area contributed by atoms with Crippen molar-refractivity contribution >= 4 is 32.7 Å². The van der Waals surface area contributed by atoms with Gasteiger partial charge in [-0.05, 0) is 43.2 Å². The van der Waals surface area contributed by atoms with Gasteiger partial charge in [0.15, 0.2) is 0 Å². The van der Waals surface area contributed by atoms with Crippen molar-refractivity contribution in [1.29, 1.82) is 0 Å². The van der Waals surface area contributed by atoms with E-state index in [0.717, 1.165) is 17.1 Å². The van der Waals surface area contributed by atoms with Crippen molar-refractivity contribution in [2.45, 2.75) is 23.8 Å². The Morgan fingerprint density at radius 1 is 1.12 bits per heavy atom. The van der Waals surface area contributed by atoms with Crippen molar-refractivity contribution < 1.29 is 12.8 Å². The van der Waals surface area contributed by atoms with Crippen LogP contribution in [0.15, 0.2) is 47.4 Å². The Bertz CT molecular complexity index is 1060. The summed E-state index contributed by atoms with van der Waals surface area (Å²) in [5.74, 6) is -0.739. The SMILES string of the molecule is O=S(=O)(c1ccc(Cl)c(F)c1)N1CCC(n2nnc3ccccc32)CC1. The molecule has 3 aromatic rings. The number of rotatable bonds is 3. The molecule has 26 heavy (non-hydrogen) atoms. The van der Waals surface area contributed by atoms with E-state index < -0.39 is 15.8 Å². The molecule has 0 unspecified atom stereocenters. The molecule has 0 spiro atoms. The summed E-state index contributed by atoms with van der Waals surface area (Å²) in [5, 5.41) is 8.28. The molecule has 2 heterocycles. The van der Waals surface area contributed by atoms with Gasteiger partial charge in [0.05, 0.1) is 21.5 Å². The molecule has 6 nitrogen and oxygen atoms in total. The fourth-order valence-electron chi connectivity index (χ4n) is 3.27. The van der Waals surface area contributed by atoms with Crippen LogP contribution in [0.1, 0.15) is 18.9 Å². The number of halogens is 2. The lowest BCUT2D eigenvalue weighted by Crippen LogP contribution is -2.39. The number of nitrogens with zero attached hydrogens (tertiary/aromatic N) is 4. The second-order valence-corrected chi connectivity index (χ2v) is 8.58. The summed E-state index contributed by atoms with van der Waals surface area (Å²) in [5.41, 5.74) is 1.76. The molecule has 0 radical (unpaired) electrons. The van der Waals surface area contributed by atoms with Crippen LogP contribution in [0.5, 0.6) is 0 Å². The van der Waals surface area contributed by atoms with Crippen molar-refractivity contribution in [3.8, 4) is 0 Å². The monoisotopic (exact) mass is 394 g/mol. The number of piperidine rings is 1. The van der Waals surface area contributed by atoms with Crippen molar-refractivity contribution in [3.05, 3.63) is 53.3 Å². The number of aromatic nitrogens is 3. The zero-order valence-electron chi connectivity index (χ0n) is 13.7. The van der Waals surface area contributed by atoms with Gasteiger partial charge in [-0.15, -0.1) is 5.10 Å².